The average Bonchev–Trinajstić information content (AvgIpc) is 2.71. The molecule has 0 radical (unpaired) electrons. The van der Waals surface area contributed by atoms with E-state index in [1.54, 1.807) is 18.2 Å². The van der Waals surface area contributed by atoms with Crippen LogP contribution in [0.1, 0.15) is 11.1 Å². The van der Waals surface area contributed by atoms with Gasteiger partial charge in [-0.15, -0.1) is 0 Å². The van der Waals surface area contributed by atoms with E-state index in [0.717, 1.165) is 16.8 Å². The maximum Gasteiger partial charge on any atom is 0.309 e. The Morgan fingerprint density at radius 1 is 0.929 bits per heavy atom. The largest absolute Gasteiger partial charge is 0.489 e. The summed E-state index contributed by atoms with van der Waals surface area (Å²) in [6.45, 7) is 0.363. The Labute approximate surface area is 174 Å². The third-order valence-electron chi connectivity index (χ3n) is 4.13. The Morgan fingerprint density at radius 3 is 2.29 bits per heavy atom. The van der Waals surface area contributed by atoms with E-state index in [9.17, 15) is 4.79 Å². The number of hydrogen-bond acceptors (Lipinski definition) is 4. The molecule has 3 aromatic rings. The number of carbonyl (C=O) groups excluding carboxylic acids is 1. The monoisotopic (exact) mass is 415 g/mol. The van der Waals surface area contributed by atoms with Gasteiger partial charge in [-0.1, -0.05) is 59.6 Å². The van der Waals surface area contributed by atoms with Crippen molar-refractivity contribution in [3.8, 4) is 5.75 Å². The van der Waals surface area contributed by atoms with E-state index < -0.39 is 0 Å². The molecule has 0 spiro atoms. The fraction of sp³-hybridized carbons (Fsp3) is 0.136. The molecule has 0 aromatic heterocycles. The molecule has 0 saturated carbocycles. The molecule has 0 aliphatic rings. The van der Waals surface area contributed by atoms with E-state index in [4.69, 9.17) is 27.9 Å². The third kappa shape index (κ3) is 5.18. The molecule has 28 heavy (non-hydrogen) atoms. The third-order valence-corrected chi connectivity index (χ3v) is 4.76. The molecule has 0 aliphatic carbocycles. The van der Waals surface area contributed by atoms with Crippen LogP contribution in [0.5, 0.6) is 5.75 Å². The summed E-state index contributed by atoms with van der Waals surface area (Å²) >= 11 is 12.5. The highest BCUT2D eigenvalue weighted by molar-refractivity contribution is 6.39. The van der Waals surface area contributed by atoms with Gasteiger partial charge in [0.2, 0.25) is 0 Å². The molecule has 0 heterocycles. The Balaban J connectivity index is 1.69. The lowest BCUT2D eigenvalue weighted by Crippen LogP contribution is -2.04. The van der Waals surface area contributed by atoms with E-state index in [1.807, 2.05) is 48.5 Å². The number of ether oxygens (including phenoxy) is 2. The van der Waals surface area contributed by atoms with Crippen LogP contribution >= 0.6 is 23.2 Å². The van der Waals surface area contributed by atoms with Crippen LogP contribution in [0.2, 0.25) is 10.0 Å². The fourth-order valence-corrected chi connectivity index (χ4v) is 3.12. The molecule has 144 valence electrons. The first-order valence-corrected chi connectivity index (χ1v) is 9.40. The zero-order valence-electron chi connectivity index (χ0n) is 15.2. The lowest BCUT2D eigenvalue weighted by Gasteiger charge is -2.15. The summed E-state index contributed by atoms with van der Waals surface area (Å²) in [5.74, 6) is 0.436. The molecule has 0 bridgehead atoms. The van der Waals surface area contributed by atoms with Crippen molar-refractivity contribution in [2.24, 2.45) is 0 Å². The number of hydrogen-bond donors (Lipinski definition) is 1. The van der Waals surface area contributed by atoms with Gasteiger partial charge in [0.15, 0.2) is 0 Å². The van der Waals surface area contributed by atoms with Crippen LogP contribution < -0.4 is 10.1 Å². The van der Waals surface area contributed by atoms with E-state index in [1.165, 1.54) is 7.11 Å². The van der Waals surface area contributed by atoms with Gasteiger partial charge in [-0.2, -0.15) is 0 Å². The van der Waals surface area contributed by atoms with Crippen molar-refractivity contribution in [2.75, 3.05) is 12.4 Å². The first-order valence-electron chi connectivity index (χ1n) is 8.64. The Kier molecular flexibility index (Phi) is 6.80. The van der Waals surface area contributed by atoms with Gasteiger partial charge in [-0.25, -0.2) is 0 Å². The number of esters is 1. The number of nitrogens with one attached hydrogen (secondary N) is 1. The molecular formula is C22H19Cl2NO3. The van der Waals surface area contributed by atoms with Crippen LogP contribution in [0, 0.1) is 0 Å². The van der Waals surface area contributed by atoms with Gasteiger partial charge in [0.1, 0.15) is 12.4 Å². The number of rotatable bonds is 7. The Morgan fingerprint density at radius 2 is 1.61 bits per heavy atom. The second kappa shape index (κ2) is 9.49. The number of benzene rings is 3. The standard InChI is InChI=1S/C22H19Cl2NO3/c1-27-21(26)13-15-9-11-17(12-10-15)28-14-16-5-2-3-8-20(16)25-22-18(23)6-4-7-19(22)24/h2-12,25H,13-14H2,1H3. The second-order valence-electron chi connectivity index (χ2n) is 6.06. The normalized spacial score (nSPS) is 10.4. The van der Waals surface area contributed by atoms with E-state index >= 15 is 0 Å². The molecule has 0 atom stereocenters. The van der Waals surface area contributed by atoms with Crippen molar-refractivity contribution in [2.45, 2.75) is 13.0 Å². The summed E-state index contributed by atoms with van der Waals surface area (Å²) in [5.41, 5.74) is 3.34. The van der Waals surface area contributed by atoms with Crippen molar-refractivity contribution in [3.05, 3.63) is 87.9 Å². The number of carbonyl (C=O) groups is 1. The van der Waals surface area contributed by atoms with Crippen LogP contribution in [-0.2, 0) is 22.6 Å². The Hall–Kier alpha value is -2.69. The van der Waals surface area contributed by atoms with Gasteiger partial charge in [0.05, 0.1) is 29.3 Å². The molecule has 0 saturated heterocycles. The van der Waals surface area contributed by atoms with Gasteiger partial charge in [0.25, 0.3) is 0 Å². The predicted octanol–water partition coefficient (Wildman–Crippen LogP) is 6.03. The van der Waals surface area contributed by atoms with Crippen molar-refractivity contribution < 1.29 is 14.3 Å². The van der Waals surface area contributed by atoms with Crippen LogP contribution in [0.3, 0.4) is 0 Å². The van der Waals surface area contributed by atoms with Crippen molar-refractivity contribution in [1.29, 1.82) is 0 Å². The number of halogens is 2. The SMILES string of the molecule is COC(=O)Cc1ccc(OCc2ccccc2Nc2c(Cl)cccc2Cl)cc1. The van der Waals surface area contributed by atoms with Crippen LogP contribution in [-0.4, -0.2) is 13.1 Å². The van der Waals surface area contributed by atoms with Crippen molar-refractivity contribution >= 4 is 40.5 Å². The van der Waals surface area contributed by atoms with Gasteiger partial charge >= 0.3 is 5.97 Å². The summed E-state index contributed by atoms with van der Waals surface area (Å²) in [4.78, 5) is 11.3. The average molecular weight is 416 g/mol. The molecule has 4 nitrogen and oxygen atoms in total. The van der Waals surface area contributed by atoms with Gasteiger partial charge in [0, 0.05) is 11.3 Å². The molecule has 0 aliphatic heterocycles. The van der Waals surface area contributed by atoms with Crippen LogP contribution in [0.25, 0.3) is 0 Å². The first kappa shape index (κ1) is 20.1. The smallest absolute Gasteiger partial charge is 0.309 e. The minimum absolute atomic E-state index is 0.238. The minimum atomic E-state index is -0.271. The van der Waals surface area contributed by atoms with Crippen molar-refractivity contribution in [1.82, 2.24) is 0 Å². The van der Waals surface area contributed by atoms with E-state index in [0.29, 0.717) is 28.1 Å². The van der Waals surface area contributed by atoms with Crippen LogP contribution in [0.15, 0.2) is 66.7 Å². The Bertz CT molecular complexity index is 938. The molecule has 0 amide bonds. The lowest BCUT2D eigenvalue weighted by atomic mass is 10.1. The van der Waals surface area contributed by atoms with E-state index in [-0.39, 0.29) is 12.4 Å². The molecule has 0 unspecified atom stereocenters. The molecule has 6 heteroatoms. The number of methoxy groups -OCH3 is 1. The molecular weight excluding hydrogens is 397 g/mol. The maximum absolute atomic E-state index is 11.3. The van der Waals surface area contributed by atoms with Gasteiger partial charge < -0.3 is 14.8 Å². The summed E-state index contributed by atoms with van der Waals surface area (Å²) in [6.07, 6.45) is 0.238. The molecule has 1 N–H and O–H groups in total. The van der Waals surface area contributed by atoms with Crippen molar-refractivity contribution in [3.63, 3.8) is 0 Å². The van der Waals surface area contributed by atoms with Gasteiger partial charge in [-0.3, -0.25) is 4.79 Å². The highest BCUT2D eigenvalue weighted by Crippen LogP contribution is 2.33. The summed E-state index contributed by atoms with van der Waals surface area (Å²) < 4.78 is 10.6. The zero-order chi connectivity index (χ0) is 19.9. The quantitative estimate of drug-likeness (QED) is 0.478. The predicted molar refractivity (Wildman–Crippen MR) is 113 cm³/mol. The number of anilines is 2. The topological polar surface area (TPSA) is 47.6 Å². The van der Waals surface area contributed by atoms with Gasteiger partial charge in [-0.05, 0) is 35.9 Å². The highest BCUT2D eigenvalue weighted by atomic mass is 35.5. The van der Waals surface area contributed by atoms with E-state index in [2.05, 4.69) is 10.1 Å². The first-order chi connectivity index (χ1) is 13.6. The summed E-state index contributed by atoms with van der Waals surface area (Å²) in [7, 11) is 1.38. The van der Waals surface area contributed by atoms with Crippen LogP contribution in [0.4, 0.5) is 11.4 Å². The highest BCUT2D eigenvalue weighted by Gasteiger charge is 2.09. The minimum Gasteiger partial charge on any atom is -0.489 e. The molecule has 3 rings (SSSR count). The summed E-state index contributed by atoms with van der Waals surface area (Å²) in [5, 5.41) is 4.38. The molecule has 0 fully saturated rings. The zero-order valence-corrected chi connectivity index (χ0v) is 16.8. The summed E-state index contributed by atoms with van der Waals surface area (Å²) in [6, 6.07) is 20.5. The second-order valence-corrected chi connectivity index (χ2v) is 6.88. The maximum atomic E-state index is 11.3. The molecule has 3 aromatic carbocycles. The lowest BCUT2D eigenvalue weighted by molar-refractivity contribution is -0.139. The number of para-hydroxylation sites is 2. The fourth-order valence-electron chi connectivity index (χ4n) is 2.62.